The van der Waals surface area contributed by atoms with Crippen LogP contribution in [0.5, 0.6) is 0 Å². The van der Waals surface area contributed by atoms with Crippen molar-refractivity contribution in [3.05, 3.63) is 35.0 Å². The Morgan fingerprint density at radius 1 is 1.42 bits per heavy atom. The Labute approximate surface area is 111 Å². The predicted octanol–water partition coefficient (Wildman–Crippen LogP) is 2.02. The normalized spacial score (nSPS) is 15.9. The van der Waals surface area contributed by atoms with Crippen molar-refractivity contribution in [3.63, 3.8) is 0 Å². The number of anilines is 1. The van der Waals surface area contributed by atoms with Gasteiger partial charge in [-0.05, 0) is 13.8 Å². The highest BCUT2D eigenvalue weighted by Gasteiger charge is 2.15. The molecule has 0 bridgehead atoms. The number of fused-ring (bicyclic) bond motifs is 1. The number of ether oxygens (including phenoxy) is 1. The molecule has 1 aliphatic rings. The molecule has 6 heteroatoms. The van der Waals surface area contributed by atoms with Gasteiger partial charge in [0.1, 0.15) is 0 Å². The third kappa shape index (κ3) is 2.58. The molecule has 1 aliphatic heterocycles. The van der Waals surface area contributed by atoms with Crippen molar-refractivity contribution in [2.24, 2.45) is 0 Å². The number of hydrogen-bond acceptors (Lipinski definition) is 6. The van der Waals surface area contributed by atoms with Gasteiger partial charge < -0.3 is 14.6 Å². The number of nitrogens with zero attached hydrogens (tertiary/aromatic N) is 3. The van der Waals surface area contributed by atoms with Gasteiger partial charge in [0.2, 0.25) is 5.95 Å². The Morgan fingerprint density at radius 2 is 2.32 bits per heavy atom. The van der Waals surface area contributed by atoms with E-state index in [0.29, 0.717) is 12.6 Å². The maximum absolute atomic E-state index is 5.37. The van der Waals surface area contributed by atoms with Crippen LogP contribution in [-0.4, -0.2) is 21.7 Å². The molecule has 0 fully saturated rings. The van der Waals surface area contributed by atoms with Crippen LogP contribution in [0.2, 0.25) is 0 Å². The lowest BCUT2D eigenvalue weighted by Gasteiger charge is -2.17. The van der Waals surface area contributed by atoms with E-state index in [1.165, 1.54) is 0 Å². The monoisotopic (exact) mass is 260 g/mol. The third-order valence-corrected chi connectivity index (χ3v) is 3.11. The summed E-state index contributed by atoms with van der Waals surface area (Å²) in [5, 5.41) is 7.10. The van der Waals surface area contributed by atoms with Crippen LogP contribution in [0.3, 0.4) is 0 Å². The number of nitrogens with one attached hydrogen (secondary N) is 1. The molecule has 0 amide bonds. The highest BCUT2D eigenvalue weighted by atomic mass is 16.5. The molecule has 1 atom stereocenters. The molecule has 3 rings (SSSR count). The van der Waals surface area contributed by atoms with Crippen molar-refractivity contribution in [1.82, 2.24) is 15.1 Å². The Bertz CT molecular complexity index is 582. The average Bonchev–Trinajstić information content (AvgIpc) is 2.85. The van der Waals surface area contributed by atoms with Crippen LogP contribution in [0.4, 0.5) is 5.95 Å². The summed E-state index contributed by atoms with van der Waals surface area (Å²) >= 11 is 0. The quantitative estimate of drug-likeness (QED) is 0.910. The molecule has 1 unspecified atom stereocenters. The third-order valence-electron chi connectivity index (χ3n) is 3.11. The molecular weight excluding hydrogens is 244 g/mol. The van der Waals surface area contributed by atoms with Crippen LogP contribution >= 0.6 is 0 Å². The van der Waals surface area contributed by atoms with E-state index < -0.39 is 0 Å². The lowest BCUT2D eigenvalue weighted by atomic mass is 10.1. The van der Waals surface area contributed by atoms with Gasteiger partial charge in [0.25, 0.3) is 0 Å². The molecule has 19 heavy (non-hydrogen) atoms. The first-order chi connectivity index (χ1) is 9.22. The van der Waals surface area contributed by atoms with Gasteiger partial charge in [-0.25, -0.2) is 9.97 Å². The topological polar surface area (TPSA) is 73.1 Å². The lowest BCUT2D eigenvalue weighted by Crippen LogP contribution is -2.15. The lowest BCUT2D eigenvalue weighted by molar-refractivity contribution is 0.109. The largest absolute Gasteiger partial charge is 0.376 e. The number of aromatic nitrogens is 3. The zero-order valence-electron chi connectivity index (χ0n) is 11.0. The second kappa shape index (κ2) is 4.97. The van der Waals surface area contributed by atoms with E-state index in [4.69, 9.17) is 9.26 Å². The van der Waals surface area contributed by atoms with Crippen LogP contribution in [0.25, 0.3) is 0 Å². The Morgan fingerprint density at radius 3 is 3.11 bits per heavy atom. The van der Waals surface area contributed by atoms with E-state index >= 15 is 0 Å². The van der Waals surface area contributed by atoms with Gasteiger partial charge in [0.05, 0.1) is 30.6 Å². The maximum atomic E-state index is 5.37. The first-order valence-electron chi connectivity index (χ1n) is 6.34. The predicted molar refractivity (Wildman–Crippen MR) is 68.7 cm³/mol. The Hall–Kier alpha value is -1.95. The number of aryl methyl sites for hydroxylation is 1. The summed E-state index contributed by atoms with van der Waals surface area (Å²) in [4.78, 5) is 8.82. The van der Waals surface area contributed by atoms with Crippen molar-refractivity contribution < 1.29 is 9.26 Å². The molecule has 2 aromatic heterocycles. The van der Waals surface area contributed by atoms with E-state index in [0.717, 1.165) is 35.7 Å². The van der Waals surface area contributed by atoms with Crippen molar-refractivity contribution in [2.45, 2.75) is 32.9 Å². The zero-order valence-corrected chi connectivity index (χ0v) is 11.0. The molecule has 6 nitrogen and oxygen atoms in total. The smallest absolute Gasteiger partial charge is 0.223 e. The molecule has 2 aromatic rings. The zero-order chi connectivity index (χ0) is 13.2. The van der Waals surface area contributed by atoms with Crippen molar-refractivity contribution in [1.29, 1.82) is 0 Å². The Balaban J connectivity index is 1.76. The van der Waals surface area contributed by atoms with Crippen LogP contribution < -0.4 is 5.32 Å². The van der Waals surface area contributed by atoms with Crippen molar-refractivity contribution in [3.8, 4) is 0 Å². The molecule has 0 saturated carbocycles. The minimum Gasteiger partial charge on any atom is -0.376 e. The van der Waals surface area contributed by atoms with Crippen LogP contribution in [-0.2, 0) is 17.8 Å². The minimum atomic E-state index is -0.0147. The van der Waals surface area contributed by atoms with E-state index in [-0.39, 0.29) is 6.04 Å². The van der Waals surface area contributed by atoms with Gasteiger partial charge in [-0.3, -0.25) is 0 Å². The summed E-state index contributed by atoms with van der Waals surface area (Å²) in [5.41, 5.74) is 3.00. The number of hydrogen-bond donors (Lipinski definition) is 1. The molecule has 0 radical (unpaired) electrons. The highest BCUT2D eigenvalue weighted by Crippen LogP contribution is 2.20. The summed E-state index contributed by atoms with van der Waals surface area (Å²) in [7, 11) is 0. The molecule has 0 aliphatic carbocycles. The van der Waals surface area contributed by atoms with Gasteiger partial charge in [-0.2, -0.15) is 0 Å². The molecule has 3 heterocycles. The molecule has 1 N–H and O–H groups in total. The average molecular weight is 260 g/mol. The summed E-state index contributed by atoms with van der Waals surface area (Å²) in [6.07, 6.45) is 2.66. The second-order valence-corrected chi connectivity index (χ2v) is 4.70. The van der Waals surface area contributed by atoms with Gasteiger partial charge in [-0.15, -0.1) is 0 Å². The standard InChI is InChI=1S/C13H16N4O2/c1-8-5-12(19-17-8)9(2)15-13-14-6-10-7-18-4-3-11(10)16-13/h5-6,9H,3-4,7H2,1-2H3,(H,14,15,16). The van der Waals surface area contributed by atoms with Gasteiger partial charge in [-0.1, -0.05) is 5.16 Å². The van der Waals surface area contributed by atoms with Crippen LogP contribution in [0, 0.1) is 6.92 Å². The fraction of sp³-hybridized carbons (Fsp3) is 0.462. The van der Waals surface area contributed by atoms with Crippen LogP contribution in [0.15, 0.2) is 16.8 Å². The fourth-order valence-corrected chi connectivity index (χ4v) is 2.05. The molecular formula is C13H16N4O2. The van der Waals surface area contributed by atoms with Gasteiger partial charge in [0, 0.05) is 24.2 Å². The first-order valence-corrected chi connectivity index (χ1v) is 6.34. The summed E-state index contributed by atoms with van der Waals surface area (Å²) < 4.78 is 10.6. The molecule has 100 valence electrons. The van der Waals surface area contributed by atoms with E-state index in [9.17, 15) is 0 Å². The fourth-order valence-electron chi connectivity index (χ4n) is 2.05. The van der Waals surface area contributed by atoms with Crippen molar-refractivity contribution >= 4 is 5.95 Å². The molecule has 0 spiro atoms. The number of rotatable bonds is 3. The summed E-state index contributed by atoms with van der Waals surface area (Å²) in [6.45, 7) is 5.22. The SMILES string of the molecule is Cc1cc(C(C)Nc2ncc3c(n2)CCOC3)on1. The van der Waals surface area contributed by atoms with Crippen molar-refractivity contribution in [2.75, 3.05) is 11.9 Å². The molecule has 0 aromatic carbocycles. The van der Waals surface area contributed by atoms with E-state index in [1.54, 1.807) is 0 Å². The summed E-state index contributed by atoms with van der Waals surface area (Å²) in [5.74, 6) is 1.39. The van der Waals surface area contributed by atoms with Gasteiger partial charge in [0.15, 0.2) is 5.76 Å². The van der Waals surface area contributed by atoms with E-state index in [1.807, 2.05) is 26.1 Å². The maximum Gasteiger partial charge on any atom is 0.223 e. The molecule has 0 saturated heterocycles. The highest BCUT2D eigenvalue weighted by molar-refractivity contribution is 5.32. The summed E-state index contributed by atoms with van der Waals surface area (Å²) in [6, 6.07) is 1.89. The minimum absolute atomic E-state index is 0.0147. The first kappa shape index (κ1) is 12.1. The second-order valence-electron chi connectivity index (χ2n) is 4.70. The van der Waals surface area contributed by atoms with Gasteiger partial charge >= 0.3 is 0 Å². The van der Waals surface area contributed by atoms with E-state index in [2.05, 4.69) is 20.4 Å². The Kier molecular flexibility index (Phi) is 3.16. The van der Waals surface area contributed by atoms with Crippen LogP contribution in [0.1, 0.15) is 35.7 Å².